The first-order chi connectivity index (χ1) is 17.8. The Bertz CT molecular complexity index is 1680. The molecule has 0 atom stereocenters. The Kier molecular flexibility index (Phi) is 6.17. The molecule has 0 nitrogen and oxygen atoms in total. The van der Waals surface area contributed by atoms with Gasteiger partial charge in [0.1, 0.15) is 23.2 Å². The van der Waals surface area contributed by atoms with Crippen LogP contribution in [0.4, 0.5) is 0 Å². The summed E-state index contributed by atoms with van der Waals surface area (Å²) in [4.78, 5) is 0. The average Bonchev–Trinajstić information content (AvgIpc) is 2.96. The molecule has 2 heteroatoms. The Hall–Kier alpha value is -3.70. The van der Waals surface area contributed by atoms with Gasteiger partial charge in [-0.1, -0.05) is 109 Å². The molecule has 0 spiro atoms. The molecule has 0 unspecified atom stereocenters. The Labute approximate surface area is 224 Å². The first-order valence-corrected chi connectivity index (χ1v) is 14.5. The topological polar surface area (TPSA) is 0 Å². The lowest BCUT2D eigenvalue weighted by atomic mass is 9.92. The molecule has 7 rings (SSSR count). The zero-order valence-corrected chi connectivity index (χ0v) is 22.0. The van der Waals surface area contributed by atoms with Gasteiger partial charge in [0.15, 0.2) is 0 Å². The summed E-state index contributed by atoms with van der Waals surface area (Å²) < 4.78 is 0. The van der Waals surface area contributed by atoms with Gasteiger partial charge in [-0.15, -0.1) is 0 Å². The van der Waals surface area contributed by atoms with Crippen LogP contribution in [-0.2, 0) is 6.16 Å². The molecule has 0 radical (unpaired) electrons. The van der Waals surface area contributed by atoms with E-state index in [4.69, 9.17) is 0 Å². The first-order valence-electron chi connectivity index (χ1n) is 12.5. The highest BCUT2D eigenvalue weighted by molar-refractivity contribution is 7.95. The van der Waals surface area contributed by atoms with Gasteiger partial charge in [0.2, 0.25) is 0 Å². The van der Waals surface area contributed by atoms with Gasteiger partial charge < -0.3 is 12.4 Å². The third kappa shape index (κ3) is 3.80. The lowest BCUT2D eigenvalue weighted by Gasteiger charge is -2.28. The predicted octanol–water partition coefficient (Wildman–Crippen LogP) is 5.08. The number of rotatable bonds is 5. The number of halogens is 1. The highest BCUT2D eigenvalue weighted by atomic mass is 35.5. The van der Waals surface area contributed by atoms with E-state index in [0.717, 1.165) is 6.16 Å². The van der Waals surface area contributed by atoms with Gasteiger partial charge >= 0.3 is 0 Å². The van der Waals surface area contributed by atoms with Crippen molar-refractivity contribution in [2.45, 2.75) is 6.16 Å². The van der Waals surface area contributed by atoms with Crippen LogP contribution >= 0.6 is 7.26 Å². The van der Waals surface area contributed by atoms with Crippen molar-refractivity contribution < 1.29 is 12.4 Å². The van der Waals surface area contributed by atoms with E-state index in [-0.39, 0.29) is 12.4 Å². The Morgan fingerprint density at radius 1 is 0.378 bits per heavy atom. The first kappa shape index (κ1) is 23.7. The quantitative estimate of drug-likeness (QED) is 0.223. The minimum atomic E-state index is -1.97. The van der Waals surface area contributed by atoms with Crippen LogP contribution in [0.5, 0.6) is 0 Å². The maximum Gasteiger partial charge on any atom is 0.116 e. The van der Waals surface area contributed by atoms with Crippen molar-refractivity contribution in [3.05, 3.63) is 151 Å². The lowest BCUT2D eigenvalue weighted by Crippen LogP contribution is -3.00. The van der Waals surface area contributed by atoms with Crippen LogP contribution in [0.2, 0.25) is 0 Å². The molecule has 7 aromatic carbocycles. The molecular weight excluding hydrogens is 487 g/mol. The summed E-state index contributed by atoms with van der Waals surface area (Å²) in [6, 6.07) is 54.1. The van der Waals surface area contributed by atoms with E-state index in [0.29, 0.717) is 0 Å². The number of benzene rings is 7. The molecular formula is C35H26ClP. The predicted molar refractivity (Wildman–Crippen MR) is 159 cm³/mol. The summed E-state index contributed by atoms with van der Waals surface area (Å²) in [7, 11) is -1.97. The van der Waals surface area contributed by atoms with Crippen LogP contribution in [0.3, 0.4) is 0 Å². The molecule has 0 bridgehead atoms. The summed E-state index contributed by atoms with van der Waals surface area (Å²) in [5.74, 6) is 0. The molecule has 0 aliphatic rings. The Morgan fingerprint density at radius 3 is 1.32 bits per heavy atom. The third-order valence-electron chi connectivity index (χ3n) is 7.62. The molecule has 37 heavy (non-hydrogen) atoms. The molecule has 0 N–H and O–H groups in total. The Balaban J connectivity index is 0.00000252. The summed E-state index contributed by atoms with van der Waals surface area (Å²) >= 11 is 0. The minimum absolute atomic E-state index is 0. The summed E-state index contributed by atoms with van der Waals surface area (Å²) in [6.07, 6.45) is 0.985. The second kappa shape index (κ2) is 9.64. The molecule has 0 aromatic heterocycles. The van der Waals surface area contributed by atoms with E-state index in [1.165, 1.54) is 53.8 Å². The van der Waals surface area contributed by atoms with Crippen LogP contribution in [0.15, 0.2) is 146 Å². The van der Waals surface area contributed by atoms with Crippen molar-refractivity contribution in [1.29, 1.82) is 0 Å². The van der Waals surface area contributed by atoms with Crippen LogP contribution in [0.1, 0.15) is 5.56 Å². The molecule has 0 aliphatic heterocycles. The summed E-state index contributed by atoms with van der Waals surface area (Å²) in [5.41, 5.74) is 1.42. The van der Waals surface area contributed by atoms with Crippen LogP contribution < -0.4 is 28.3 Å². The van der Waals surface area contributed by atoms with Crippen molar-refractivity contribution in [1.82, 2.24) is 0 Å². The number of hydrogen-bond acceptors (Lipinski definition) is 0. The van der Waals surface area contributed by atoms with Gasteiger partial charge in [0.05, 0.1) is 6.16 Å². The SMILES string of the molecule is [Cl-].c1ccc([P+](Cc2ccc3ccc4cccc5ccc2c3c45)(c2ccccc2)c2ccccc2)cc1. The fourth-order valence-corrected chi connectivity index (χ4v) is 10.2. The van der Waals surface area contributed by atoms with Crippen molar-refractivity contribution in [3.8, 4) is 0 Å². The van der Waals surface area contributed by atoms with Crippen molar-refractivity contribution in [2.75, 3.05) is 0 Å². The maximum atomic E-state index is 2.38. The molecule has 0 saturated carbocycles. The smallest absolute Gasteiger partial charge is 0.116 e. The molecule has 178 valence electrons. The van der Waals surface area contributed by atoms with E-state index < -0.39 is 7.26 Å². The average molecular weight is 513 g/mol. The van der Waals surface area contributed by atoms with E-state index in [2.05, 4.69) is 146 Å². The maximum absolute atomic E-state index is 2.38. The van der Waals surface area contributed by atoms with E-state index in [1.54, 1.807) is 0 Å². The van der Waals surface area contributed by atoms with Crippen LogP contribution in [-0.4, -0.2) is 0 Å². The number of hydrogen-bond donors (Lipinski definition) is 0. The van der Waals surface area contributed by atoms with Crippen molar-refractivity contribution >= 4 is 55.5 Å². The molecule has 0 heterocycles. The van der Waals surface area contributed by atoms with Crippen molar-refractivity contribution in [2.24, 2.45) is 0 Å². The third-order valence-corrected chi connectivity index (χ3v) is 12.0. The molecule has 0 fully saturated rings. The van der Waals surface area contributed by atoms with Gasteiger partial charge in [0, 0.05) is 0 Å². The van der Waals surface area contributed by atoms with Gasteiger partial charge in [-0.05, 0) is 74.3 Å². The zero-order chi connectivity index (χ0) is 24.0. The largest absolute Gasteiger partial charge is 1.00 e. The van der Waals surface area contributed by atoms with E-state index in [1.807, 2.05) is 0 Å². The second-order valence-corrected chi connectivity index (χ2v) is 13.0. The fraction of sp³-hybridized carbons (Fsp3) is 0.0286. The van der Waals surface area contributed by atoms with Gasteiger partial charge in [-0.2, -0.15) is 0 Å². The van der Waals surface area contributed by atoms with Gasteiger partial charge in [-0.3, -0.25) is 0 Å². The highest BCUT2D eigenvalue weighted by Crippen LogP contribution is 2.59. The molecule has 0 aliphatic carbocycles. The Morgan fingerprint density at radius 2 is 0.811 bits per heavy atom. The van der Waals surface area contributed by atoms with Crippen molar-refractivity contribution in [3.63, 3.8) is 0 Å². The van der Waals surface area contributed by atoms with Crippen LogP contribution in [0.25, 0.3) is 32.3 Å². The second-order valence-electron chi connectivity index (χ2n) is 9.56. The fourth-order valence-electron chi connectivity index (χ4n) is 5.96. The lowest BCUT2D eigenvalue weighted by molar-refractivity contribution is -0.00000671. The van der Waals surface area contributed by atoms with Crippen LogP contribution in [0, 0.1) is 0 Å². The highest BCUT2D eigenvalue weighted by Gasteiger charge is 2.45. The van der Waals surface area contributed by atoms with Gasteiger partial charge in [0.25, 0.3) is 0 Å². The monoisotopic (exact) mass is 512 g/mol. The van der Waals surface area contributed by atoms with E-state index in [9.17, 15) is 0 Å². The zero-order valence-electron chi connectivity index (χ0n) is 20.4. The molecule has 7 aromatic rings. The molecule has 0 amide bonds. The summed E-state index contributed by atoms with van der Waals surface area (Å²) in [5, 5.41) is 12.4. The summed E-state index contributed by atoms with van der Waals surface area (Å²) in [6.45, 7) is 0. The standard InChI is InChI=1S/C35H26P.ClH/c1-4-13-30(14-5-1)36(31-15-6-2-7-16-31,32-17-8-3-9-18-32)25-29-22-21-28-20-19-26-11-10-12-27-23-24-33(29)35(28)34(26)27;/h1-24H,25H2;1H/q+1;/p-1. The van der Waals surface area contributed by atoms with E-state index >= 15 is 0 Å². The minimum Gasteiger partial charge on any atom is -1.00 e. The normalized spacial score (nSPS) is 11.7. The van der Waals surface area contributed by atoms with Gasteiger partial charge in [-0.25, -0.2) is 0 Å². The molecule has 0 saturated heterocycles.